The Balaban J connectivity index is 2.38. The number of benzene rings is 1. The summed E-state index contributed by atoms with van der Waals surface area (Å²) in [5.41, 5.74) is 0.336. The van der Waals surface area contributed by atoms with E-state index in [4.69, 9.17) is 9.15 Å². The van der Waals surface area contributed by atoms with Gasteiger partial charge >= 0.3 is 5.69 Å². The van der Waals surface area contributed by atoms with Crippen molar-refractivity contribution in [2.45, 2.75) is 19.4 Å². The maximum atomic E-state index is 11.0. The van der Waals surface area contributed by atoms with Gasteiger partial charge in [-0.2, -0.15) is 0 Å². The Kier molecular flexibility index (Phi) is 4.49. The highest BCUT2D eigenvalue weighted by Gasteiger charge is 2.20. The Bertz CT molecular complexity index is 637. The number of ether oxygens (including phenoxy) is 1. The third-order valence-electron chi connectivity index (χ3n) is 3.12. The van der Waals surface area contributed by atoms with E-state index in [9.17, 15) is 10.1 Å². The van der Waals surface area contributed by atoms with Gasteiger partial charge in [-0.1, -0.05) is 6.92 Å². The number of methoxy groups -OCH3 is 1. The molecule has 0 spiro atoms. The number of nitrogens with one attached hydrogen (secondary N) is 1. The molecule has 21 heavy (non-hydrogen) atoms. The number of rotatable bonds is 6. The van der Waals surface area contributed by atoms with Gasteiger partial charge in [0.2, 0.25) is 11.8 Å². The second-order valence-electron chi connectivity index (χ2n) is 4.34. The fraction of sp³-hybridized carbons (Fsp3) is 0.385. The third-order valence-corrected chi connectivity index (χ3v) is 3.12. The molecule has 8 nitrogen and oxygen atoms in total. The van der Waals surface area contributed by atoms with Gasteiger partial charge < -0.3 is 14.5 Å². The van der Waals surface area contributed by atoms with Crippen LogP contribution in [0, 0.1) is 10.1 Å². The van der Waals surface area contributed by atoms with Gasteiger partial charge in [0.25, 0.3) is 0 Å². The number of nitro groups is 1. The van der Waals surface area contributed by atoms with E-state index in [1.54, 1.807) is 13.1 Å². The predicted molar refractivity (Wildman–Crippen MR) is 75.0 cm³/mol. The fourth-order valence-electron chi connectivity index (χ4n) is 1.96. The van der Waals surface area contributed by atoms with Crippen LogP contribution in [0.4, 0.5) is 5.69 Å². The van der Waals surface area contributed by atoms with Crippen molar-refractivity contribution < 1.29 is 14.1 Å². The number of hydrogen-bond acceptors (Lipinski definition) is 7. The second-order valence-corrected chi connectivity index (χ2v) is 4.34. The normalized spacial score (nSPS) is 12.1. The van der Waals surface area contributed by atoms with Crippen LogP contribution in [0.1, 0.15) is 25.3 Å². The SMILES string of the molecule is CCC(NC)c1nnc(-c2ccc(OC)c([N+](=O)[O-])c2)o1. The van der Waals surface area contributed by atoms with Gasteiger partial charge in [0.05, 0.1) is 18.1 Å². The minimum Gasteiger partial charge on any atom is -0.490 e. The van der Waals surface area contributed by atoms with E-state index in [1.165, 1.54) is 19.2 Å². The molecular formula is C13H16N4O4. The van der Waals surface area contributed by atoms with Gasteiger partial charge in [-0.25, -0.2) is 0 Å². The molecule has 1 unspecified atom stereocenters. The average molecular weight is 292 g/mol. The summed E-state index contributed by atoms with van der Waals surface area (Å²) in [7, 11) is 3.18. The Morgan fingerprint density at radius 1 is 1.48 bits per heavy atom. The molecule has 1 aromatic carbocycles. The van der Waals surface area contributed by atoms with Crippen molar-refractivity contribution in [1.82, 2.24) is 15.5 Å². The van der Waals surface area contributed by atoms with Gasteiger partial charge in [0, 0.05) is 11.6 Å². The molecule has 1 aromatic heterocycles. The summed E-state index contributed by atoms with van der Waals surface area (Å²) in [5.74, 6) is 0.878. The number of aromatic nitrogens is 2. The van der Waals surface area contributed by atoms with Crippen LogP contribution in [0.3, 0.4) is 0 Å². The second kappa shape index (κ2) is 6.31. The lowest BCUT2D eigenvalue weighted by molar-refractivity contribution is -0.385. The Hall–Kier alpha value is -2.48. The van der Waals surface area contributed by atoms with Crippen LogP contribution < -0.4 is 10.1 Å². The zero-order valence-electron chi connectivity index (χ0n) is 12.0. The molecule has 0 fully saturated rings. The first-order valence-corrected chi connectivity index (χ1v) is 6.44. The largest absolute Gasteiger partial charge is 0.490 e. The lowest BCUT2D eigenvalue weighted by Crippen LogP contribution is -2.15. The first kappa shape index (κ1) is 14.9. The van der Waals surface area contributed by atoms with Crippen LogP contribution in [-0.2, 0) is 0 Å². The molecule has 2 rings (SSSR count). The van der Waals surface area contributed by atoms with Gasteiger partial charge in [0.15, 0.2) is 5.75 Å². The molecule has 8 heteroatoms. The predicted octanol–water partition coefficient (Wildman–Crippen LogP) is 2.32. The highest BCUT2D eigenvalue weighted by molar-refractivity contribution is 5.62. The maximum absolute atomic E-state index is 11.0. The molecule has 0 aliphatic rings. The zero-order valence-corrected chi connectivity index (χ0v) is 12.0. The van der Waals surface area contributed by atoms with E-state index in [2.05, 4.69) is 15.5 Å². The summed E-state index contributed by atoms with van der Waals surface area (Å²) in [6.07, 6.45) is 0.793. The quantitative estimate of drug-likeness (QED) is 0.643. The van der Waals surface area contributed by atoms with Crippen molar-refractivity contribution in [3.63, 3.8) is 0 Å². The summed E-state index contributed by atoms with van der Waals surface area (Å²) in [4.78, 5) is 10.5. The van der Waals surface area contributed by atoms with E-state index >= 15 is 0 Å². The first-order valence-electron chi connectivity index (χ1n) is 6.44. The lowest BCUT2D eigenvalue weighted by Gasteiger charge is -2.07. The molecule has 0 amide bonds. The lowest BCUT2D eigenvalue weighted by atomic mass is 10.2. The minimum atomic E-state index is -0.512. The number of nitro benzene ring substituents is 1. The molecule has 0 aliphatic carbocycles. The molecule has 0 saturated carbocycles. The first-order chi connectivity index (χ1) is 10.1. The summed E-state index contributed by atoms with van der Waals surface area (Å²) in [6.45, 7) is 1.99. The van der Waals surface area contributed by atoms with Crippen LogP contribution >= 0.6 is 0 Å². The topological polar surface area (TPSA) is 103 Å². The van der Waals surface area contributed by atoms with Crippen molar-refractivity contribution in [3.8, 4) is 17.2 Å². The average Bonchev–Trinajstić information content (AvgIpc) is 2.97. The van der Waals surface area contributed by atoms with E-state index in [1.807, 2.05) is 6.92 Å². The molecule has 2 aromatic rings. The molecular weight excluding hydrogens is 276 g/mol. The smallest absolute Gasteiger partial charge is 0.311 e. The van der Waals surface area contributed by atoms with Crippen LogP contribution in [-0.4, -0.2) is 29.3 Å². The molecule has 1 atom stereocenters. The summed E-state index contributed by atoms with van der Waals surface area (Å²) < 4.78 is 10.5. The van der Waals surface area contributed by atoms with Crippen molar-refractivity contribution in [2.75, 3.05) is 14.2 Å². The summed E-state index contributed by atoms with van der Waals surface area (Å²) in [6, 6.07) is 4.46. The van der Waals surface area contributed by atoms with Crippen LogP contribution in [0.15, 0.2) is 22.6 Å². The number of nitrogens with zero attached hydrogens (tertiary/aromatic N) is 3. The highest BCUT2D eigenvalue weighted by Crippen LogP contribution is 2.32. The van der Waals surface area contributed by atoms with Crippen LogP contribution in [0.2, 0.25) is 0 Å². The summed E-state index contributed by atoms with van der Waals surface area (Å²) in [5, 5.41) is 22.0. The molecule has 0 radical (unpaired) electrons. The van der Waals surface area contributed by atoms with Crippen molar-refractivity contribution in [1.29, 1.82) is 0 Å². The van der Waals surface area contributed by atoms with E-state index in [-0.39, 0.29) is 23.4 Å². The monoisotopic (exact) mass is 292 g/mol. The van der Waals surface area contributed by atoms with Gasteiger partial charge in [-0.05, 0) is 25.6 Å². The van der Waals surface area contributed by atoms with Crippen molar-refractivity contribution in [2.24, 2.45) is 0 Å². The van der Waals surface area contributed by atoms with Crippen LogP contribution in [0.5, 0.6) is 5.75 Å². The van der Waals surface area contributed by atoms with Crippen molar-refractivity contribution in [3.05, 3.63) is 34.2 Å². The molecule has 0 bridgehead atoms. The summed E-state index contributed by atoms with van der Waals surface area (Å²) >= 11 is 0. The standard InChI is InChI=1S/C13H16N4O4/c1-4-9(14-2)13-16-15-12(21-13)8-5-6-11(20-3)10(7-8)17(18)19/h5-7,9,14H,4H2,1-3H3. The minimum absolute atomic E-state index is 0.0421. The van der Waals surface area contributed by atoms with E-state index < -0.39 is 4.92 Å². The Morgan fingerprint density at radius 2 is 2.24 bits per heavy atom. The Morgan fingerprint density at radius 3 is 2.81 bits per heavy atom. The van der Waals surface area contributed by atoms with Gasteiger partial charge in [-0.15, -0.1) is 10.2 Å². The molecule has 0 aliphatic heterocycles. The molecule has 0 saturated heterocycles. The molecule has 1 heterocycles. The van der Waals surface area contributed by atoms with E-state index in [0.717, 1.165) is 6.42 Å². The molecule has 1 N–H and O–H groups in total. The maximum Gasteiger partial charge on any atom is 0.311 e. The van der Waals surface area contributed by atoms with Crippen LogP contribution in [0.25, 0.3) is 11.5 Å². The zero-order chi connectivity index (χ0) is 15.4. The highest BCUT2D eigenvalue weighted by atomic mass is 16.6. The van der Waals surface area contributed by atoms with E-state index in [0.29, 0.717) is 11.5 Å². The third kappa shape index (κ3) is 3.00. The Labute approximate surface area is 121 Å². The number of hydrogen-bond donors (Lipinski definition) is 1. The van der Waals surface area contributed by atoms with Gasteiger partial charge in [-0.3, -0.25) is 10.1 Å². The molecule has 112 valence electrons. The van der Waals surface area contributed by atoms with Gasteiger partial charge in [0.1, 0.15) is 0 Å². The van der Waals surface area contributed by atoms with Crippen molar-refractivity contribution >= 4 is 5.69 Å². The fourth-order valence-corrected chi connectivity index (χ4v) is 1.96.